The molecule has 0 aliphatic heterocycles. The van der Waals surface area contributed by atoms with Gasteiger partial charge < -0.3 is 4.42 Å². The molecule has 3 heteroatoms. The highest BCUT2D eigenvalue weighted by atomic mass is 16.3. The molecule has 0 N–H and O–H groups in total. The number of rotatable bonds is 6. The van der Waals surface area contributed by atoms with Gasteiger partial charge in [-0.1, -0.05) is 182 Å². The van der Waals surface area contributed by atoms with Crippen LogP contribution < -0.4 is 0 Å². The molecule has 0 unspecified atom stereocenters. The molecule has 1 aliphatic rings. The summed E-state index contributed by atoms with van der Waals surface area (Å²) in [6, 6.07) is 71.0. The zero-order valence-electron chi connectivity index (χ0n) is 31.4. The van der Waals surface area contributed by atoms with Crippen LogP contribution in [0.2, 0.25) is 0 Å². The maximum absolute atomic E-state index is 6.51. The van der Waals surface area contributed by atoms with E-state index in [0.717, 1.165) is 72.3 Å². The first-order chi connectivity index (χ1) is 28.1. The van der Waals surface area contributed by atoms with E-state index in [-0.39, 0.29) is 5.41 Å². The zero-order valence-corrected chi connectivity index (χ0v) is 31.4. The van der Waals surface area contributed by atoms with Crippen LogP contribution in [0.1, 0.15) is 23.6 Å². The molecule has 0 bridgehead atoms. The second-order valence-electron chi connectivity index (χ2n) is 15.0. The number of fused-ring (bicyclic) bond motifs is 6. The molecule has 3 nitrogen and oxygen atoms in total. The van der Waals surface area contributed by atoms with Crippen LogP contribution in [0.15, 0.2) is 205 Å². The Hall–Kier alpha value is -7.36. The minimum Gasteiger partial charge on any atom is -0.455 e. The van der Waals surface area contributed by atoms with E-state index in [9.17, 15) is 0 Å². The highest BCUT2D eigenvalue weighted by molar-refractivity contribution is 6.10. The molecule has 0 fully saturated rings. The lowest BCUT2D eigenvalue weighted by molar-refractivity contribution is 0.670. The van der Waals surface area contributed by atoms with Gasteiger partial charge in [0.05, 0.1) is 11.4 Å². The third-order valence-corrected chi connectivity index (χ3v) is 11.8. The summed E-state index contributed by atoms with van der Waals surface area (Å²) in [5, 5.41) is 2.21. The lowest BCUT2D eigenvalue weighted by Gasteiger charge is -2.28. The first-order valence-corrected chi connectivity index (χ1v) is 19.5. The quantitative estimate of drug-likeness (QED) is 0.171. The van der Waals surface area contributed by atoms with Crippen molar-refractivity contribution < 1.29 is 4.42 Å². The van der Waals surface area contributed by atoms with Crippen molar-refractivity contribution in [1.82, 2.24) is 9.97 Å². The standard InChI is InChI=1S/C54H36N2O/c1-54(47-26-10-7-20-41(47)42-21-8-11-27-48(42)54)39-31-29-35(30-32-39)37-17-13-18-38(33-37)49-34-50(56-53(55-49)36-15-3-2-4-16-36)43-22-6-5-19-40(43)45-24-14-25-46-44-23-9-12-28-51(44)57-52(45)46/h2-34H,1H3. The summed E-state index contributed by atoms with van der Waals surface area (Å²) in [6.07, 6.45) is 0. The summed E-state index contributed by atoms with van der Waals surface area (Å²) >= 11 is 0. The summed E-state index contributed by atoms with van der Waals surface area (Å²) in [5.74, 6) is 0.681. The Balaban J connectivity index is 1.01. The Kier molecular flexibility index (Phi) is 7.61. The van der Waals surface area contributed by atoms with Gasteiger partial charge >= 0.3 is 0 Å². The summed E-state index contributed by atoms with van der Waals surface area (Å²) in [4.78, 5) is 10.4. The molecule has 0 amide bonds. The van der Waals surface area contributed by atoms with E-state index >= 15 is 0 Å². The van der Waals surface area contributed by atoms with Gasteiger partial charge in [-0.25, -0.2) is 9.97 Å². The molecular weight excluding hydrogens is 693 g/mol. The summed E-state index contributed by atoms with van der Waals surface area (Å²) in [7, 11) is 0. The maximum atomic E-state index is 6.51. The number of benzene rings is 8. The maximum Gasteiger partial charge on any atom is 0.160 e. The minimum atomic E-state index is -0.231. The van der Waals surface area contributed by atoms with Crippen molar-refractivity contribution in [2.75, 3.05) is 0 Å². The second-order valence-corrected chi connectivity index (χ2v) is 15.0. The van der Waals surface area contributed by atoms with E-state index in [4.69, 9.17) is 14.4 Å². The van der Waals surface area contributed by atoms with Crippen molar-refractivity contribution in [2.45, 2.75) is 12.3 Å². The monoisotopic (exact) mass is 728 g/mol. The van der Waals surface area contributed by atoms with Crippen molar-refractivity contribution in [2.24, 2.45) is 0 Å². The molecule has 0 radical (unpaired) electrons. The van der Waals surface area contributed by atoms with E-state index in [1.807, 2.05) is 30.3 Å². The number of nitrogens with zero attached hydrogens (tertiary/aromatic N) is 2. The third kappa shape index (κ3) is 5.35. The van der Waals surface area contributed by atoms with E-state index in [0.29, 0.717) is 5.82 Å². The van der Waals surface area contributed by atoms with Crippen LogP contribution in [-0.4, -0.2) is 9.97 Å². The topological polar surface area (TPSA) is 38.9 Å². The third-order valence-electron chi connectivity index (χ3n) is 11.8. The van der Waals surface area contributed by atoms with Crippen LogP contribution >= 0.6 is 0 Å². The van der Waals surface area contributed by atoms with Gasteiger partial charge in [-0.2, -0.15) is 0 Å². The van der Waals surface area contributed by atoms with Crippen LogP contribution in [-0.2, 0) is 5.41 Å². The van der Waals surface area contributed by atoms with Gasteiger partial charge in [-0.05, 0) is 69.6 Å². The first-order valence-electron chi connectivity index (χ1n) is 19.5. The van der Waals surface area contributed by atoms with Gasteiger partial charge in [0.15, 0.2) is 5.82 Å². The Morgan fingerprint density at radius 1 is 0.386 bits per heavy atom. The number of furan rings is 1. The van der Waals surface area contributed by atoms with Crippen molar-refractivity contribution in [3.05, 3.63) is 217 Å². The van der Waals surface area contributed by atoms with Gasteiger partial charge in [-0.3, -0.25) is 0 Å². The average Bonchev–Trinajstić information content (AvgIpc) is 3.80. The first kappa shape index (κ1) is 33.0. The smallest absolute Gasteiger partial charge is 0.160 e. The predicted molar refractivity (Wildman–Crippen MR) is 234 cm³/mol. The fraction of sp³-hybridized carbons (Fsp3) is 0.0370. The SMILES string of the molecule is CC1(c2ccc(-c3cccc(-c4cc(-c5ccccc5-c5cccc6c5oc5ccccc56)nc(-c5ccccc5)n4)c3)cc2)c2ccccc2-c2ccccc21. The predicted octanol–water partition coefficient (Wildman–Crippen LogP) is 14.0. The van der Waals surface area contributed by atoms with Crippen LogP contribution in [0.3, 0.4) is 0 Å². The lowest BCUT2D eigenvalue weighted by Crippen LogP contribution is -2.22. The van der Waals surface area contributed by atoms with Crippen LogP contribution in [0, 0.1) is 0 Å². The zero-order chi connectivity index (χ0) is 37.9. The minimum absolute atomic E-state index is 0.231. The average molecular weight is 729 g/mol. The summed E-state index contributed by atoms with van der Waals surface area (Å²) < 4.78 is 6.51. The van der Waals surface area contributed by atoms with E-state index < -0.39 is 0 Å². The fourth-order valence-electron chi connectivity index (χ4n) is 8.97. The number of hydrogen-bond donors (Lipinski definition) is 0. The normalized spacial score (nSPS) is 12.8. The van der Waals surface area contributed by atoms with Crippen LogP contribution in [0.5, 0.6) is 0 Å². The fourth-order valence-corrected chi connectivity index (χ4v) is 8.97. The van der Waals surface area contributed by atoms with E-state index in [1.165, 1.54) is 27.8 Å². The molecule has 10 aromatic rings. The molecule has 57 heavy (non-hydrogen) atoms. The molecular formula is C54H36N2O. The molecule has 2 heterocycles. The summed E-state index contributed by atoms with van der Waals surface area (Å²) in [6.45, 7) is 2.36. The Labute approximate surface area is 331 Å². The summed E-state index contributed by atoms with van der Waals surface area (Å²) in [5.41, 5.74) is 17.2. The number of para-hydroxylation sites is 2. The van der Waals surface area contributed by atoms with Crippen LogP contribution in [0.25, 0.3) is 89.2 Å². The van der Waals surface area contributed by atoms with Gasteiger partial charge in [0.1, 0.15) is 11.2 Å². The molecule has 11 rings (SSSR count). The van der Waals surface area contributed by atoms with Gasteiger partial charge in [0.2, 0.25) is 0 Å². The molecule has 1 aliphatic carbocycles. The molecule has 0 saturated heterocycles. The molecule has 268 valence electrons. The lowest BCUT2D eigenvalue weighted by atomic mass is 9.74. The van der Waals surface area contributed by atoms with Crippen LogP contribution in [0.4, 0.5) is 0 Å². The number of hydrogen-bond acceptors (Lipinski definition) is 3. The molecule has 2 aromatic heterocycles. The van der Waals surface area contributed by atoms with Crippen molar-refractivity contribution >= 4 is 21.9 Å². The Bertz CT molecular complexity index is 3090. The van der Waals surface area contributed by atoms with Crippen molar-refractivity contribution in [1.29, 1.82) is 0 Å². The van der Waals surface area contributed by atoms with Gasteiger partial charge in [-0.15, -0.1) is 0 Å². The Morgan fingerprint density at radius 2 is 0.947 bits per heavy atom. The van der Waals surface area contributed by atoms with Crippen molar-refractivity contribution in [3.8, 4) is 67.3 Å². The molecule has 0 spiro atoms. The highest BCUT2D eigenvalue weighted by Gasteiger charge is 2.40. The van der Waals surface area contributed by atoms with Gasteiger partial charge in [0.25, 0.3) is 0 Å². The largest absolute Gasteiger partial charge is 0.455 e. The molecule has 8 aromatic carbocycles. The van der Waals surface area contributed by atoms with E-state index in [1.54, 1.807) is 0 Å². The molecule has 0 saturated carbocycles. The highest BCUT2D eigenvalue weighted by Crippen LogP contribution is 2.52. The van der Waals surface area contributed by atoms with Crippen molar-refractivity contribution in [3.63, 3.8) is 0 Å². The van der Waals surface area contributed by atoms with Gasteiger partial charge in [0, 0.05) is 38.4 Å². The van der Waals surface area contributed by atoms with E-state index in [2.05, 4.69) is 177 Å². The second kappa shape index (κ2) is 13.1. The number of aromatic nitrogens is 2. The Morgan fingerprint density at radius 3 is 1.72 bits per heavy atom. The molecule has 0 atom stereocenters.